The highest BCUT2D eigenvalue weighted by Gasteiger charge is 2.35. The Hall–Kier alpha value is -2.78. The van der Waals surface area contributed by atoms with Crippen LogP contribution in [0.25, 0.3) is 0 Å². The number of non-ortho nitro benzene ring substituents is 1. The van der Waals surface area contributed by atoms with Gasteiger partial charge in [0.2, 0.25) is 10.0 Å². The summed E-state index contributed by atoms with van der Waals surface area (Å²) >= 11 is 0. The molecule has 27 heavy (non-hydrogen) atoms. The highest BCUT2D eigenvalue weighted by Crippen LogP contribution is 2.25. The number of hydrogen-bond donors (Lipinski definition) is 1. The predicted octanol–water partition coefficient (Wildman–Crippen LogP) is 2.18. The first-order valence-electron chi connectivity index (χ1n) is 8.49. The van der Waals surface area contributed by atoms with E-state index in [2.05, 4.69) is 5.32 Å². The summed E-state index contributed by atoms with van der Waals surface area (Å²) in [7, 11) is -3.61. The molecule has 1 aliphatic heterocycles. The number of carbonyl (C=O) groups excluding carboxylic acids is 1. The molecule has 1 fully saturated rings. The quantitative estimate of drug-likeness (QED) is 0.601. The van der Waals surface area contributed by atoms with Crippen molar-refractivity contribution in [3.8, 4) is 0 Å². The van der Waals surface area contributed by atoms with Gasteiger partial charge in [-0.25, -0.2) is 8.42 Å². The van der Waals surface area contributed by atoms with E-state index in [9.17, 15) is 23.3 Å². The monoisotopic (exact) mass is 389 g/mol. The van der Waals surface area contributed by atoms with E-state index in [1.54, 1.807) is 30.3 Å². The first-order chi connectivity index (χ1) is 12.9. The van der Waals surface area contributed by atoms with Crippen LogP contribution in [0.1, 0.15) is 23.2 Å². The summed E-state index contributed by atoms with van der Waals surface area (Å²) < 4.78 is 27.0. The molecule has 1 amide bonds. The standard InChI is InChI=1S/C18H19N3O5S/c22-18(14-8-10-15(11-9-14)21(23)24)19-13-16-5-4-12-20(16)27(25,26)17-6-2-1-3-7-17/h1-3,6-11,16H,4-5,12-13H2,(H,19,22). The second-order valence-corrected chi connectivity index (χ2v) is 8.13. The van der Waals surface area contributed by atoms with Crippen LogP contribution < -0.4 is 5.32 Å². The number of hydrogen-bond acceptors (Lipinski definition) is 5. The molecule has 1 aliphatic rings. The van der Waals surface area contributed by atoms with E-state index in [0.29, 0.717) is 13.0 Å². The van der Waals surface area contributed by atoms with Crippen LogP contribution in [0.15, 0.2) is 59.5 Å². The zero-order valence-electron chi connectivity index (χ0n) is 14.4. The summed E-state index contributed by atoms with van der Waals surface area (Å²) in [5.41, 5.74) is 0.193. The number of nitrogens with zero attached hydrogens (tertiary/aromatic N) is 2. The number of benzene rings is 2. The molecule has 3 rings (SSSR count). The van der Waals surface area contributed by atoms with Crippen LogP contribution in [0.3, 0.4) is 0 Å². The number of nitro groups is 1. The Labute approximate surface area is 157 Å². The zero-order chi connectivity index (χ0) is 19.4. The summed E-state index contributed by atoms with van der Waals surface area (Å²) in [6.07, 6.45) is 1.39. The molecule has 0 radical (unpaired) electrons. The SMILES string of the molecule is O=C(NCC1CCCN1S(=O)(=O)c1ccccc1)c1ccc([N+](=O)[O-])cc1. The third-order valence-electron chi connectivity index (χ3n) is 4.51. The lowest BCUT2D eigenvalue weighted by molar-refractivity contribution is -0.384. The van der Waals surface area contributed by atoms with Crippen LogP contribution in [-0.2, 0) is 10.0 Å². The summed E-state index contributed by atoms with van der Waals surface area (Å²) in [5, 5.41) is 13.4. The van der Waals surface area contributed by atoms with Crippen molar-refractivity contribution >= 4 is 21.6 Å². The smallest absolute Gasteiger partial charge is 0.269 e. The van der Waals surface area contributed by atoms with Crippen molar-refractivity contribution in [2.45, 2.75) is 23.8 Å². The maximum atomic E-state index is 12.8. The van der Waals surface area contributed by atoms with Crippen LogP contribution in [0.5, 0.6) is 0 Å². The molecule has 9 heteroatoms. The van der Waals surface area contributed by atoms with Crippen molar-refractivity contribution in [2.24, 2.45) is 0 Å². The van der Waals surface area contributed by atoms with Gasteiger partial charge in [-0.3, -0.25) is 14.9 Å². The molecule has 1 atom stereocenters. The molecular formula is C18H19N3O5S. The fraction of sp³-hybridized carbons (Fsp3) is 0.278. The highest BCUT2D eigenvalue weighted by atomic mass is 32.2. The average Bonchev–Trinajstić information content (AvgIpc) is 3.16. The maximum Gasteiger partial charge on any atom is 0.269 e. The lowest BCUT2D eigenvalue weighted by Gasteiger charge is -2.24. The van der Waals surface area contributed by atoms with Gasteiger partial charge in [0.25, 0.3) is 11.6 Å². The minimum atomic E-state index is -3.61. The fourth-order valence-electron chi connectivity index (χ4n) is 3.10. The molecular weight excluding hydrogens is 370 g/mol. The summed E-state index contributed by atoms with van der Waals surface area (Å²) in [6.45, 7) is 0.594. The summed E-state index contributed by atoms with van der Waals surface area (Å²) in [5.74, 6) is -0.395. The van der Waals surface area contributed by atoms with Crippen LogP contribution in [0.4, 0.5) is 5.69 Å². The first-order valence-corrected chi connectivity index (χ1v) is 9.93. The topological polar surface area (TPSA) is 110 Å². The van der Waals surface area contributed by atoms with Crippen LogP contribution in [0, 0.1) is 10.1 Å². The van der Waals surface area contributed by atoms with Crippen molar-refractivity contribution in [1.82, 2.24) is 9.62 Å². The number of nitrogens with one attached hydrogen (secondary N) is 1. The lowest BCUT2D eigenvalue weighted by atomic mass is 10.2. The molecule has 2 aromatic rings. The Morgan fingerprint density at radius 2 is 1.81 bits per heavy atom. The molecule has 1 heterocycles. The van der Waals surface area contributed by atoms with Crippen LogP contribution >= 0.6 is 0 Å². The number of rotatable bonds is 6. The first kappa shape index (κ1) is 19.0. The normalized spacial score (nSPS) is 17.6. The third kappa shape index (κ3) is 4.15. The molecule has 1 N–H and O–H groups in total. The van der Waals surface area contributed by atoms with Gasteiger partial charge in [0.05, 0.1) is 9.82 Å². The van der Waals surface area contributed by atoms with E-state index in [-0.39, 0.29) is 28.7 Å². The van der Waals surface area contributed by atoms with Crippen LogP contribution in [-0.4, -0.2) is 42.7 Å². The second-order valence-electron chi connectivity index (χ2n) is 6.24. The molecule has 8 nitrogen and oxygen atoms in total. The van der Waals surface area contributed by atoms with E-state index in [1.165, 1.54) is 28.6 Å². The molecule has 2 aromatic carbocycles. The minimum Gasteiger partial charge on any atom is -0.350 e. The Kier molecular flexibility index (Phi) is 5.52. The van der Waals surface area contributed by atoms with Gasteiger partial charge in [-0.1, -0.05) is 18.2 Å². The summed E-state index contributed by atoms with van der Waals surface area (Å²) in [4.78, 5) is 22.6. The van der Waals surface area contributed by atoms with E-state index in [1.807, 2.05) is 0 Å². The largest absolute Gasteiger partial charge is 0.350 e. The highest BCUT2D eigenvalue weighted by molar-refractivity contribution is 7.89. The Balaban J connectivity index is 1.66. The molecule has 142 valence electrons. The Morgan fingerprint density at radius 1 is 1.15 bits per heavy atom. The van der Waals surface area contributed by atoms with Gasteiger partial charge in [-0.15, -0.1) is 0 Å². The number of nitro benzene ring substituents is 1. The third-order valence-corrected chi connectivity index (χ3v) is 6.48. The average molecular weight is 389 g/mol. The second kappa shape index (κ2) is 7.85. The molecule has 1 saturated heterocycles. The molecule has 0 saturated carbocycles. The van der Waals surface area contributed by atoms with Crippen molar-refractivity contribution in [2.75, 3.05) is 13.1 Å². The Morgan fingerprint density at radius 3 is 2.44 bits per heavy atom. The molecule has 0 aromatic heterocycles. The maximum absolute atomic E-state index is 12.8. The van der Waals surface area contributed by atoms with Crippen molar-refractivity contribution in [3.05, 3.63) is 70.3 Å². The summed E-state index contributed by atoms with van der Waals surface area (Å²) in [6, 6.07) is 13.2. The van der Waals surface area contributed by atoms with Crippen molar-refractivity contribution in [1.29, 1.82) is 0 Å². The van der Waals surface area contributed by atoms with Crippen molar-refractivity contribution < 1.29 is 18.1 Å². The fourth-order valence-corrected chi connectivity index (χ4v) is 4.82. The van der Waals surface area contributed by atoms with E-state index >= 15 is 0 Å². The van der Waals surface area contributed by atoms with Gasteiger partial charge >= 0.3 is 0 Å². The number of carbonyl (C=O) groups is 1. The molecule has 1 unspecified atom stereocenters. The van der Waals surface area contributed by atoms with Gasteiger partial charge < -0.3 is 5.32 Å². The van der Waals surface area contributed by atoms with E-state index in [0.717, 1.165) is 6.42 Å². The van der Waals surface area contributed by atoms with E-state index in [4.69, 9.17) is 0 Å². The van der Waals surface area contributed by atoms with Gasteiger partial charge in [-0.05, 0) is 37.1 Å². The van der Waals surface area contributed by atoms with Crippen LogP contribution in [0.2, 0.25) is 0 Å². The van der Waals surface area contributed by atoms with Gasteiger partial charge in [0, 0.05) is 36.8 Å². The van der Waals surface area contributed by atoms with E-state index < -0.39 is 20.9 Å². The van der Waals surface area contributed by atoms with Gasteiger partial charge in [0.1, 0.15) is 0 Å². The van der Waals surface area contributed by atoms with Crippen molar-refractivity contribution in [3.63, 3.8) is 0 Å². The minimum absolute atomic E-state index is 0.0949. The molecule has 0 bridgehead atoms. The van der Waals surface area contributed by atoms with Gasteiger partial charge in [0.15, 0.2) is 0 Å². The zero-order valence-corrected chi connectivity index (χ0v) is 15.3. The number of sulfonamides is 1. The Bertz CT molecular complexity index is 929. The van der Waals surface area contributed by atoms with Gasteiger partial charge in [-0.2, -0.15) is 4.31 Å². The predicted molar refractivity (Wildman–Crippen MR) is 98.8 cm³/mol. The molecule has 0 spiro atoms. The lowest BCUT2D eigenvalue weighted by Crippen LogP contribution is -2.43. The molecule has 0 aliphatic carbocycles. The number of amides is 1.